The molecular formula is C15H17N3O2S2. The number of benzene rings is 1. The summed E-state index contributed by atoms with van der Waals surface area (Å²) in [6.45, 7) is 5.51. The number of hydrogen-bond donors (Lipinski definition) is 0. The number of aryl methyl sites for hydroxylation is 1. The Hall–Kier alpha value is -1.73. The maximum Gasteiger partial charge on any atom is 0.210 e. The lowest BCUT2D eigenvalue weighted by Gasteiger charge is -2.19. The van der Waals surface area contributed by atoms with E-state index in [1.807, 2.05) is 44.3 Å². The third-order valence-corrected chi connectivity index (χ3v) is 7.56. The molecule has 0 saturated carbocycles. The van der Waals surface area contributed by atoms with Crippen molar-refractivity contribution in [2.45, 2.75) is 36.4 Å². The van der Waals surface area contributed by atoms with Crippen LogP contribution in [0.15, 0.2) is 41.0 Å². The zero-order valence-corrected chi connectivity index (χ0v) is 14.2. The number of para-hydroxylation sites is 1. The fraction of sp³-hybridized carbons (Fsp3) is 0.333. The average molecular weight is 335 g/mol. The summed E-state index contributed by atoms with van der Waals surface area (Å²) in [6.07, 6.45) is 3.59. The molecule has 0 amide bonds. The smallest absolute Gasteiger partial charge is 0.210 e. The predicted molar refractivity (Wildman–Crippen MR) is 87.9 cm³/mol. The minimum Gasteiger partial charge on any atom is -0.268 e. The second-order valence-corrected chi connectivity index (χ2v) is 8.95. The monoisotopic (exact) mass is 335 g/mol. The fourth-order valence-electron chi connectivity index (χ4n) is 2.26. The lowest BCUT2D eigenvalue weighted by molar-refractivity contribution is 0.464. The minimum atomic E-state index is -3.49. The quantitative estimate of drug-likeness (QED) is 0.734. The van der Waals surface area contributed by atoms with Gasteiger partial charge in [0.25, 0.3) is 0 Å². The van der Waals surface area contributed by atoms with Gasteiger partial charge in [-0.25, -0.2) is 13.4 Å². The summed E-state index contributed by atoms with van der Waals surface area (Å²) in [5.41, 5.74) is 1.73. The van der Waals surface area contributed by atoms with Crippen LogP contribution in [-0.4, -0.2) is 28.4 Å². The van der Waals surface area contributed by atoms with E-state index in [0.29, 0.717) is 0 Å². The van der Waals surface area contributed by atoms with Crippen LogP contribution in [0.3, 0.4) is 0 Å². The molecule has 0 radical (unpaired) electrons. The first kappa shape index (κ1) is 15.2. The fourth-order valence-corrected chi connectivity index (χ4v) is 5.34. The number of nitrogens with zero attached hydrogens (tertiary/aromatic N) is 3. The first-order valence-corrected chi connectivity index (χ1v) is 9.36. The van der Waals surface area contributed by atoms with Gasteiger partial charge in [0.2, 0.25) is 14.2 Å². The Morgan fingerprint density at radius 3 is 2.59 bits per heavy atom. The van der Waals surface area contributed by atoms with E-state index >= 15 is 0 Å². The third kappa shape index (κ3) is 2.55. The number of hydrogen-bond acceptors (Lipinski definition) is 5. The number of thiazole rings is 1. The van der Waals surface area contributed by atoms with Crippen molar-refractivity contribution in [2.75, 3.05) is 0 Å². The Labute approximate surface area is 133 Å². The van der Waals surface area contributed by atoms with Crippen molar-refractivity contribution in [3.8, 4) is 0 Å². The normalized spacial score (nSPS) is 15.0. The van der Waals surface area contributed by atoms with Gasteiger partial charge in [0.1, 0.15) is 0 Å². The highest BCUT2D eigenvalue weighted by molar-refractivity contribution is 7.94. The first-order chi connectivity index (χ1) is 10.4. The number of aromatic nitrogens is 3. The molecule has 1 aromatic carbocycles. The van der Waals surface area contributed by atoms with Crippen molar-refractivity contribution in [3.63, 3.8) is 0 Å². The van der Waals surface area contributed by atoms with Gasteiger partial charge in [-0.15, -0.1) is 11.3 Å². The number of fused-ring (bicyclic) bond motifs is 1. The molecule has 0 fully saturated rings. The van der Waals surface area contributed by atoms with Crippen molar-refractivity contribution in [2.24, 2.45) is 0 Å². The van der Waals surface area contributed by atoms with Crippen molar-refractivity contribution < 1.29 is 8.42 Å². The van der Waals surface area contributed by atoms with E-state index in [4.69, 9.17) is 0 Å². The van der Waals surface area contributed by atoms with Crippen LogP contribution < -0.4 is 0 Å². The van der Waals surface area contributed by atoms with Crippen LogP contribution in [0.1, 0.15) is 25.5 Å². The number of rotatable bonds is 4. The minimum absolute atomic E-state index is 0.178. The topological polar surface area (TPSA) is 64.8 Å². The molecule has 0 N–H and O–H groups in total. The van der Waals surface area contributed by atoms with E-state index < -0.39 is 15.1 Å². The summed E-state index contributed by atoms with van der Waals surface area (Å²) in [7, 11) is -3.49. The highest BCUT2D eigenvalue weighted by atomic mass is 32.2. The van der Waals surface area contributed by atoms with Gasteiger partial charge in [-0.3, -0.25) is 4.68 Å². The van der Waals surface area contributed by atoms with Gasteiger partial charge in [-0.1, -0.05) is 12.1 Å². The molecule has 3 rings (SSSR count). The van der Waals surface area contributed by atoms with Gasteiger partial charge in [0, 0.05) is 6.20 Å². The Morgan fingerprint density at radius 2 is 1.95 bits per heavy atom. The summed E-state index contributed by atoms with van der Waals surface area (Å²) >= 11 is 1.22. The Bertz CT molecular complexity index is 879. The van der Waals surface area contributed by atoms with Crippen molar-refractivity contribution in [1.82, 2.24) is 14.8 Å². The van der Waals surface area contributed by atoms with E-state index in [-0.39, 0.29) is 10.4 Å². The Morgan fingerprint density at radius 1 is 1.23 bits per heavy atom. The molecule has 2 atom stereocenters. The van der Waals surface area contributed by atoms with Crippen LogP contribution in [-0.2, 0) is 9.84 Å². The second-order valence-electron chi connectivity index (χ2n) is 5.44. The average Bonchev–Trinajstić information content (AvgIpc) is 3.11. The van der Waals surface area contributed by atoms with E-state index in [0.717, 1.165) is 15.8 Å². The molecule has 116 valence electrons. The van der Waals surface area contributed by atoms with E-state index in [9.17, 15) is 8.42 Å². The Kier molecular flexibility index (Phi) is 3.78. The van der Waals surface area contributed by atoms with Crippen molar-refractivity contribution in [3.05, 3.63) is 42.2 Å². The Balaban J connectivity index is 1.97. The standard InChI is InChI=1S/C15H17N3O2S2/c1-10-8-16-18(9-10)11(2)12(3)22(19,20)15-17-13-6-4-5-7-14(13)21-15/h4-9,11-12H,1-3H3/t11-,12-/m1/s1. The maximum atomic E-state index is 12.8. The van der Waals surface area contributed by atoms with Gasteiger partial charge in [-0.05, 0) is 38.5 Å². The highest BCUT2D eigenvalue weighted by Gasteiger charge is 2.32. The summed E-state index contributed by atoms with van der Waals surface area (Å²) in [4.78, 5) is 4.29. The molecule has 7 heteroatoms. The molecule has 5 nitrogen and oxygen atoms in total. The van der Waals surface area contributed by atoms with Crippen molar-refractivity contribution in [1.29, 1.82) is 0 Å². The molecule has 0 aliphatic carbocycles. The van der Waals surface area contributed by atoms with E-state index in [2.05, 4.69) is 10.1 Å². The zero-order valence-electron chi connectivity index (χ0n) is 12.6. The van der Waals surface area contributed by atoms with E-state index in [1.54, 1.807) is 17.8 Å². The molecule has 2 aromatic heterocycles. The van der Waals surface area contributed by atoms with Gasteiger partial charge >= 0.3 is 0 Å². The SMILES string of the molecule is Cc1cnn([C@H](C)[C@@H](C)S(=O)(=O)c2nc3ccccc3s2)c1. The van der Waals surface area contributed by atoms with Gasteiger partial charge in [0.15, 0.2) is 0 Å². The highest BCUT2D eigenvalue weighted by Crippen LogP contribution is 2.30. The van der Waals surface area contributed by atoms with Crippen LogP contribution in [0.25, 0.3) is 10.2 Å². The summed E-state index contributed by atoms with van der Waals surface area (Å²) < 4.78 is 28.4. The molecule has 0 aliphatic heterocycles. The predicted octanol–water partition coefficient (Wildman–Crippen LogP) is 3.22. The third-order valence-electron chi connectivity index (χ3n) is 3.83. The van der Waals surface area contributed by atoms with Gasteiger partial charge in [0.05, 0.1) is 27.7 Å². The van der Waals surface area contributed by atoms with Gasteiger partial charge < -0.3 is 0 Å². The second kappa shape index (κ2) is 5.48. The van der Waals surface area contributed by atoms with Gasteiger partial charge in [-0.2, -0.15) is 5.10 Å². The van der Waals surface area contributed by atoms with Crippen molar-refractivity contribution >= 4 is 31.4 Å². The largest absolute Gasteiger partial charge is 0.268 e. The van der Waals surface area contributed by atoms with Crippen LogP contribution in [0.2, 0.25) is 0 Å². The van der Waals surface area contributed by atoms with Crippen LogP contribution >= 0.6 is 11.3 Å². The van der Waals surface area contributed by atoms with Crippen LogP contribution in [0, 0.1) is 6.92 Å². The molecule has 0 spiro atoms. The van der Waals surface area contributed by atoms with Crippen LogP contribution in [0.5, 0.6) is 0 Å². The summed E-state index contributed by atoms with van der Waals surface area (Å²) in [5.74, 6) is 0. The molecular weight excluding hydrogens is 318 g/mol. The molecule has 0 unspecified atom stereocenters. The first-order valence-electron chi connectivity index (χ1n) is 7.00. The molecule has 3 aromatic rings. The lowest BCUT2D eigenvalue weighted by atomic mass is 10.2. The molecule has 22 heavy (non-hydrogen) atoms. The number of sulfone groups is 1. The molecule has 0 saturated heterocycles. The lowest BCUT2D eigenvalue weighted by Crippen LogP contribution is -2.28. The maximum absolute atomic E-state index is 12.8. The zero-order chi connectivity index (χ0) is 15.9. The van der Waals surface area contributed by atoms with Crippen LogP contribution in [0.4, 0.5) is 0 Å². The molecule has 0 aliphatic rings. The summed E-state index contributed by atoms with van der Waals surface area (Å²) in [5, 5.41) is 3.62. The molecule has 0 bridgehead atoms. The van der Waals surface area contributed by atoms with E-state index in [1.165, 1.54) is 11.3 Å². The summed E-state index contributed by atoms with van der Waals surface area (Å²) in [6, 6.07) is 7.20. The molecule has 2 heterocycles.